The Labute approximate surface area is 196 Å². The number of halogens is 3. The number of nitrogens with one attached hydrogen (secondary N) is 1. The minimum absolute atomic E-state index is 0.0636. The van der Waals surface area contributed by atoms with E-state index in [1.165, 1.54) is 37.8 Å². The number of aromatic nitrogens is 1. The second-order valence-electron chi connectivity index (χ2n) is 7.28. The van der Waals surface area contributed by atoms with Gasteiger partial charge in [-0.3, -0.25) is 0 Å². The monoisotopic (exact) mass is 496 g/mol. The van der Waals surface area contributed by atoms with Crippen LogP contribution in [-0.4, -0.2) is 32.8 Å². The van der Waals surface area contributed by atoms with Crippen molar-refractivity contribution in [3.63, 3.8) is 0 Å². The Morgan fingerprint density at radius 1 is 1.15 bits per heavy atom. The smallest absolute Gasteiger partial charge is 0.406 e. The molecule has 34 heavy (non-hydrogen) atoms. The highest BCUT2D eigenvalue weighted by Crippen LogP contribution is 2.29. The van der Waals surface area contributed by atoms with Gasteiger partial charge in [-0.1, -0.05) is 32.3 Å². The first-order chi connectivity index (χ1) is 15.9. The standard InChI is InChI=1S/C20H19F3N4O3S.C3H8/c1-30-19-11-14(31(25,28)29)7-8-17(19)26-9-3-4-13-10-15-16(24)5-2-6-18(15)27(13)12-20(21,22)23;1-3-2/h2,5-8,10-11,26H,9,12,24H2,1H3,(H2,25,28,29);3H2,1-2H3. The number of nitrogen functional groups attached to an aromatic ring is 1. The zero-order chi connectivity index (χ0) is 25.5. The average Bonchev–Trinajstić information content (AvgIpc) is 3.08. The van der Waals surface area contributed by atoms with Crippen LogP contribution in [0, 0.1) is 11.8 Å². The van der Waals surface area contributed by atoms with Crippen molar-refractivity contribution in [2.24, 2.45) is 5.14 Å². The molecule has 0 spiro atoms. The number of hydrogen-bond acceptors (Lipinski definition) is 5. The fourth-order valence-electron chi connectivity index (χ4n) is 3.03. The average molecular weight is 497 g/mol. The van der Waals surface area contributed by atoms with E-state index in [2.05, 4.69) is 31.0 Å². The number of ether oxygens (including phenoxy) is 1. The van der Waals surface area contributed by atoms with Crippen LogP contribution in [0.15, 0.2) is 47.4 Å². The molecule has 184 valence electrons. The zero-order valence-corrected chi connectivity index (χ0v) is 19.8. The number of sulfonamides is 1. The first kappa shape index (κ1) is 26.9. The highest BCUT2D eigenvalue weighted by Gasteiger charge is 2.29. The number of fused-ring (bicyclic) bond motifs is 1. The lowest BCUT2D eigenvalue weighted by Crippen LogP contribution is -2.18. The van der Waals surface area contributed by atoms with Gasteiger partial charge in [0.15, 0.2) is 0 Å². The molecule has 0 saturated heterocycles. The van der Waals surface area contributed by atoms with Crippen LogP contribution in [0.1, 0.15) is 26.0 Å². The number of rotatable bonds is 5. The zero-order valence-electron chi connectivity index (χ0n) is 19.0. The summed E-state index contributed by atoms with van der Waals surface area (Å²) in [6.07, 6.45) is -3.18. The van der Waals surface area contributed by atoms with Crippen molar-refractivity contribution < 1.29 is 26.3 Å². The molecule has 1 heterocycles. The van der Waals surface area contributed by atoms with Crippen molar-refractivity contribution in [3.8, 4) is 17.6 Å². The molecule has 0 fully saturated rings. The highest BCUT2D eigenvalue weighted by molar-refractivity contribution is 7.89. The molecule has 0 aliphatic carbocycles. The van der Waals surface area contributed by atoms with E-state index in [0.29, 0.717) is 22.3 Å². The van der Waals surface area contributed by atoms with E-state index in [9.17, 15) is 21.6 Å². The molecule has 3 rings (SSSR count). The van der Waals surface area contributed by atoms with Gasteiger partial charge in [0.25, 0.3) is 0 Å². The van der Waals surface area contributed by atoms with Crippen molar-refractivity contribution in [2.75, 3.05) is 24.7 Å². The molecule has 0 bridgehead atoms. The molecule has 2 aromatic carbocycles. The number of anilines is 2. The largest absolute Gasteiger partial charge is 0.495 e. The molecule has 0 amide bonds. The maximum Gasteiger partial charge on any atom is 0.406 e. The topological polar surface area (TPSA) is 112 Å². The number of benzene rings is 2. The van der Waals surface area contributed by atoms with Crippen LogP contribution in [0.2, 0.25) is 0 Å². The third-order valence-electron chi connectivity index (χ3n) is 4.40. The van der Waals surface area contributed by atoms with Crippen LogP contribution in [-0.2, 0) is 16.6 Å². The summed E-state index contributed by atoms with van der Waals surface area (Å²) in [5.74, 6) is 5.73. The fourth-order valence-corrected chi connectivity index (χ4v) is 3.56. The van der Waals surface area contributed by atoms with Gasteiger partial charge in [0.05, 0.1) is 35.4 Å². The lowest BCUT2D eigenvalue weighted by molar-refractivity contribution is -0.140. The number of primary sulfonamides is 1. The predicted molar refractivity (Wildman–Crippen MR) is 128 cm³/mol. The number of nitrogens with two attached hydrogens (primary N) is 2. The Morgan fingerprint density at radius 3 is 2.41 bits per heavy atom. The quantitative estimate of drug-likeness (QED) is 0.360. The van der Waals surface area contributed by atoms with Gasteiger partial charge in [0, 0.05) is 17.1 Å². The molecule has 0 radical (unpaired) electrons. The molecular weight excluding hydrogens is 469 g/mol. The Hall–Kier alpha value is -3.36. The Morgan fingerprint density at radius 2 is 1.82 bits per heavy atom. The number of alkyl halides is 3. The van der Waals surface area contributed by atoms with Crippen molar-refractivity contribution in [1.82, 2.24) is 4.57 Å². The van der Waals surface area contributed by atoms with Gasteiger partial charge in [-0.2, -0.15) is 13.2 Å². The fraction of sp³-hybridized carbons (Fsp3) is 0.304. The first-order valence-corrected chi connectivity index (χ1v) is 11.8. The molecule has 1 aromatic heterocycles. The summed E-state index contributed by atoms with van der Waals surface area (Å²) in [7, 11) is -2.53. The second kappa shape index (κ2) is 11.2. The normalized spacial score (nSPS) is 11.3. The molecule has 3 aromatic rings. The van der Waals surface area contributed by atoms with E-state index in [1.54, 1.807) is 18.2 Å². The molecule has 0 aliphatic rings. The van der Waals surface area contributed by atoms with E-state index < -0.39 is 22.7 Å². The highest BCUT2D eigenvalue weighted by atomic mass is 32.2. The summed E-state index contributed by atoms with van der Waals surface area (Å²) >= 11 is 0. The van der Waals surface area contributed by atoms with Crippen LogP contribution in [0.3, 0.4) is 0 Å². The van der Waals surface area contributed by atoms with E-state index in [-0.39, 0.29) is 22.9 Å². The molecule has 0 unspecified atom stereocenters. The summed E-state index contributed by atoms with van der Waals surface area (Å²) in [5.41, 5.74) is 7.21. The number of hydrogen-bond donors (Lipinski definition) is 3. The van der Waals surface area contributed by atoms with Crippen LogP contribution in [0.4, 0.5) is 24.5 Å². The van der Waals surface area contributed by atoms with Gasteiger partial charge in [0.1, 0.15) is 12.3 Å². The third-order valence-corrected chi connectivity index (χ3v) is 5.31. The number of methoxy groups -OCH3 is 1. The van der Waals surface area contributed by atoms with Crippen molar-refractivity contribution in [2.45, 2.75) is 37.9 Å². The van der Waals surface area contributed by atoms with Gasteiger partial charge in [-0.25, -0.2) is 13.6 Å². The maximum absolute atomic E-state index is 13.1. The summed E-state index contributed by atoms with van der Waals surface area (Å²) in [5, 5.41) is 8.53. The van der Waals surface area contributed by atoms with Crippen molar-refractivity contribution in [3.05, 3.63) is 48.2 Å². The van der Waals surface area contributed by atoms with Crippen LogP contribution >= 0.6 is 0 Å². The van der Waals surface area contributed by atoms with Gasteiger partial charge < -0.3 is 20.4 Å². The van der Waals surface area contributed by atoms with Crippen molar-refractivity contribution >= 4 is 32.3 Å². The Balaban J connectivity index is 0.00000129. The van der Waals surface area contributed by atoms with Gasteiger partial charge in [-0.05, 0) is 36.3 Å². The van der Waals surface area contributed by atoms with Crippen LogP contribution in [0.25, 0.3) is 10.9 Å². The molecule has 5 N–H and O–H groups in total. The van der Waals surface area contributed by atoms with E-state index >= 15 is 0 Å². The van der Waals surface area contributed by atoms with Gasteiger partial charge in [0.2, 0.25) is 10.0 Å². The molecule has 0 saturated carbocycles. The third kappa shape index (κ3) is 7.07. The van der Waals surface area contributed by atoms with E-state index in [4.69, 9.17) is 15.6 Å². The van der Waals surface area contributed by atoms with Gasteiger partial charge in [-0.15, -0.1) is 0 Å². The van der Waals surface area contributed by atoms with E-state index in [1.807, 2.05) is 0 Å². The summed E-state index contributed by atoms with van der Waals surface area (Å²) in [4.78, 5) is -0.116. The van der Waals surface area contributed by atoms with Crippen LogP contribution < -0.4 is 20.9 Å². The second-order valence-corrected chi connectivity index (χ2v) is 8.84. The lowest BCUT2D eigenvalue weighted by Gasteiger charge is -2.11. The molecular formula is C23H27F3N4O3S. The van der Waals surface area contributed by atoms with E-state index in [0.717, 1.165) is 4.57 Å². The molecule has 0 atom stereocenters. The summed E-state index contributed by atoms with van der Waals surface area (Å²) in [6.45, 7) is 3.12. The van der Waals surface area contributed by atoms with Crippen molar-refractivity contribution in [1.29, 1.82) is 0 Å². The Kier molecular flexibility index (Phi) is 8.84. The van der Waals surface area contributed by atoms with Gasteiger partial charge >= 0.3 is 6.18 Å². The predicted octanol–water partition coefficient (Wildman–Crippen LogP) is 4.32. The summed E-state index contributed by atoms with van der Waals surface area (Å²) < 4.78 is 68.3. The minimum atomic E-state index is -4.43. The first-order valence-electron chi connectivity index (χ1n) is 10.3. The Bertz CT molecular complexity index is 1310. The summed E-state index contributed by atoms with van der Waals surface area (Å²) in [6, 6.07) is 10.3. The molecule has 0 aliphatic heterocycles. The lowest BCUT2D eigenvalue weighted by atomic mass is 10.2. The molecule has 7 nitrogen and oxygen atoms in total. The number of nitrogens with zero attached hydrogens (tertiary/aromatic N) is 1. The SMILES string of the molecule is CCC.COc1cc(S(N)(=O)=O)ccc1NCC#Cc1cc2c(N)cccc2n1CC(F)(F)F. The van der Waals surface area contributed by atoms with Crippen LogP contribution in [0.5, 0.6) is 5.75 Å². The maximum atomic E-state index is 13.1. The molecule has 11 heteroatoms. The minimum Gasteiger partial charge on any atom is -0.495 e.